The number of nitrogens with two attached hydrogens (primary N) is 1. The predicted molar refractivity (Wildman–Crippen MR) is 71.6 cm³/mol. The van der Waals surface area contributed by atoms with Crippen molar-refractivity contribution in [2.24, 2.45) is 0 Å². The van der Waals surface area contributed by atoms with Crippen molar-refractivity contribution in [3.63, 3.8) is 0 Å². The highest BCUT2D eigenvalue weighted by molar-refractivity contribution is 9.10. The van der Waals surface area contributed by atoms with Gasteiger partial charge in [0.1, 0.15) is 5.76 Å². The molecule has 0 bridgehead atoms. The molecule has 0 unspecified atom stereocenters. The van der Waals surface area contributed by atoms with Crippen LogP contribution in [0, 0.1) is 0 Å². The molecule has 0 saturated carbocycles. The molecule has 0 atom stereocenters. The van der Waals surface area contributed by atoms with Gasteiger partial charge in [0.15, 0.2) is 4.67 Å². The van der Waals surface area contributed by atoms with E-state index in [4.69, 9.17) is 10.2 Å². The van der Waals surface area contributed by atoms with E-state index in [0.29, 0.717) is 10.4 Å². The van der Waals surface area contributed by atoms with Gasteiger partial charge in [0.05, 0.1) is 11.2 Å². The van der Waals surface area contributed by atoms with E-state index < -0.39 is 0 Å². The summed E-state index contributed by atoms with van der Waals surface area (Å²) in [5.41, 5.74) is 8.38. The molecule has 2 N–H and O–H groups in total. The van der Waals surface area contributed by atoms with Gasteiger partial charge in [0.25, 0.3) is 0 Å². The predicted octanol–water partition coefficient (Wildman–Crippen LogP) is 3.84. The normalized spacial score (nSPS) is 10.9. The molecule has 1 aromatic carbocycles. The fourth-order valence-corrected chi connectivity index (χ4v) is 2.17. The summed E-state index contributed by atoms with van der Waals surface area (Å²) >= 11 is 3.30. The quantitative estimate of drug-likeness (QED) is 0.692. The Hall–Kier alpha value is -1.81. The van der Waals surface area contributed by atoms with E-state index in [2.05, 4.69) is 20.9 Å². The largest absolute Gasteiger partial charge is 0.449 e. The maximum atomic E-state index is 5.91. The van der Waals surface area contributed by atoms with Crippen LogP contribution in [0.25, 0.3) is 22.2 Å². The summed E-state index contributed by atoms with van der Waals surface area (Å²) in [5.74, 6) is 0.801. The molecule has 3 nitrogen and oxygen atoms in total. The molecule has 3 aromatic rings. The third-order valence-corrected chi connectivity index (χ3v) is 3.07. The second-order valence-corrected chi connectivity index (χ2v) is 4.49. The molecule has 0 fully saturated rings. The van der Waals surface area contributed by atoms with E-state index in [1.54, 1.807) is 6.20 Å². The number of furan rings is 1. The SMILES string of the molecule is Nc1ccc(-c2ccc(Br)o2)c2cccnc12. The van der Waals surface area contributed by atoms with Gasteiger partial charge in [-0.15, -0.1) is 0 Å². The lowest BCUT2D eigenvalue weighted by Crippen LogP contribution is -1.90. The highest BCUT2D eigenvalue weighted by atomic mass is 79.9. The Morgan fingerprint density at radius 2 is 2.00 bits per heavy atom. The van der Waals surface area contributed by atoms with E-state index in [1.165, 1.54) is 0 Å². The van der Waals surface area contributed by atoms with Crippen molar-refractivity contribution < 1.29 is 4.42 Å². The minimum Gasteiger partial charge on any atom is -0.449 e. The zero-order valence-electron chi connectivity index (χ0n) is 8.85. The van der Waals surface area contributed by atoms with Crippen molar-refractivity contribution in [2.45, 2.75) is 0 Å². The highest BCUT2D eigenvalue weighted by Crippen LogP contribution is 2.32. The van der Waals surface area contributed by atoms with Crippen molar-refractivity contribution in [1.82, 2.24) is 4.98 Å². The van der Waals surface area contributed by atoms with Gasteiger partial charge in [-0.2, -0.15) is 0 Å². The standard InChI is InChI=1S/C13H9BrN2O/c14-12-6-5-11(17-12)8-3-4-10(15)13-9(8)2-1-7-16-13/h1-7H,15H2. The number of pyridine rings is 1. The first-order chi connectivity index (χ1) is 8.25. The van der Waals surface area contributed by atoms with Gasteiger partial charge in [-0.05, 0) is 46.3 Å². The van der Waals surface area contributed by atoms with Crippen LogP contribution in [0.2, 0.25) is 0 Å². The number of hydrogen-bond acceptors (Lipinski definition) is 3. The fraction of sp³-hybridized carbons (Fsp3) is 0. The van der Waals surface area contributed by atoms with Crippen molar-refractivity contribution in [3.05, 3.63) is 47.3 Å². The first-order valence-corrected chi connectivity index (χ1v) is 5.94. The molecule has 0 spiro atoms. The van der Waals surface area contributed by atoms with Gasteiger partial charge >= 0.3 is 0 Å². The fourth-order valence-electron chi connectivity index (χ4n) is 1.87. The molecule has 17 heavy (non-hydrogen) atoms. The molecule has 0 aliphatic heterocycles. The van der Waals surface area contributed by atoms with Crippen LogP contribution in [0.1, 0.15) is 0 Å². The number of nitrogen functional groups attached to an aromatic ring is 1. The summed E-state index contributed by atoms with van der Waals surface area (Å²) in [5, 5.41) is 0.995. The van der Waals surface area contributed by atoms with Gasteiger partial charge in [-0.1, -0.05) is 6.07 Å². The molecule has 2 aromatic heterocycles. The first kappa shape index (κ1) is 10.4. The molecule has 4 heteroatoms. The Morgan fingerprint density at radius 3 is 2.76 bits per heavy atom. The van der Waals surface area contributed by atoms with Crippen LogP contribution < -0.4 is 5.73 Å². The van der Waals surface area contributed by atoms with Crippen molar-refractivity contribution in [3.8, 4) is 11.3 Å². The Balaban J connectivity index is 2.34. The number of anilines is 1. The van der Waals surface area contributed by atoms with Crippen LogP contribution in [0.3, 0.4) is 0 Å². The third-order valence-electron chi connectivity index (χ3n) is 2.64. The van der Waals surface area contributed by atoms with Crippen LogP contribution in [-0.4, -0.2) is 4.98 Å². The number of aromatic nitrogens is 1. The first-order valence-electron chi connectivity index (χ1n) is 5.14. The Morgan fingerprint density at radius 1 is 1.12 bits per heavy atom. The second kappa shape index (κ2) is 3.89. The van der Waals surface area contributed by atoms with E-state index in [1.807, 2.05) is 36.4 Å². The van der Waals surface area contributed by atoms with Crippen LogP contribution >= 0.6 is 15.9 Å². The van der Waals surface area contributed by atoms with E-state index in [-0.39, 0.29) is 0 Å². The van der Waals surface area contributed by atoms with Gasteiger partial charge < -0.3 is 10.2 Å². The zero-order chi connectivity index (χ0) is 11.8. The summed E-state index contributed by atoms with van der Waals surface area (Å²) in [6.45, 7) is 0. The Labute approximate surface area is 106 Å². The maximum absolute atomic E-state index is 5.91. The van der Waals surface area contributed by atoms with Crippen molar-refractivity contribution in [2.75, 3.05) is 5.73 Å². The summed E-state index contributed by atoms with van der Waals surface area (Å²) in [6.07, 6.45) is 1.74. The monoisotopic (exact) mass is 288 g/mol. The number of nitrogens with zero attached hydrogens (tertiary/aromatic N) is 1. The van der Waals surface area contributed by atoms with Crippen molar-refractivity contribution >= 4 is 32.5 Å². The third kappa shape index (κ3) is 1.70. The lowest BCUT2D eigenvalue weighted by molar-refractivity contribution is 0.556. The minimum atomic E-state index is 0.676. The number of fused-ring (bicyclic) bond motifs is 1. The van der Waals surface area contributed by atoms with Crippen LogP contribution in [0.15, 0.2) is 51.7 Å². The van der Waals surface area contributed by atoms with Gasteiger partial charge in [0, 0.05) is 17.1 Å². The van der Waals surface area contributed by atoms with Crippen LogP contribution in [0.4, 0.5) is 5.69 Å². The van der Waals surface area contributed by atoms with E-state index in [9.17, 15) is 0 Å². The van der Waals surface area contributed by atoms with E-state index in [0.717, 1.165) is 22.2 Å². The van der Waals surface area contributed by atoms with Crippen molar-refractivity contribution in [1.29, 1.82) is 0 Å². The van der Waals surface area contributed by atoms with E-state index >= 15 is 0 Å². The number of hydrogen-bond donors (Lipinski definition) is 1. The lowest BCUT2D eigenvalue weighted by atomic mass is 10.1. The van der Waals surface area contributed by atoms with Gasteiger partial charge in [-0.3, -0.25) is 4.98 Å². The maximum Gasteiger partial charge on any atom is 0.169 e. The molecule has 0 radical (unpaired) electrons. The molecule has 0 aliphatic rings. The number of benzene rings is 1. The molecule has 0 amide bonds. The molecule has 0 aliphatic carbocycles. The summed E-state index contributed by atoms with van der Waals surface area (Å²) in [4.78, 5) is 4.30. The average molecular weight is 289 g/mol. The smallest absolute Gasteiger partial charge is 0.169 e. The Bertz CT molecular complexity index is 691. The summed E-state index contributed by atoms with van der Waals surface area (Å²) < 4.78 is 6.28. The highest BCUT2D eigenvalue weighted by Gasteiger charge is 2.09. The molecule has 3 rings (SSSR count). The number of rotatable bonds is 1. The Kier molecular flexibility index (Phi) is 2.37. The molecular formula is C13H9BrN2O. The van der Waals surface area contributed by atoms with Crippen LogP contribution in [0.5, 0.6) is 0 Å². The zero-order valence-corrected chi connectivity index (χ0v) is 10.4. The summed E-state index contributed by atoms with van der Waals surface area (Å²) in [6, 6.07) is 11.5. The molecule has 2 heterocycles. The summed E-state index contributed by atoms with van der Waals surface area (Å²) in [7, 11) is 0. The van der Waals surface area contributed by atoms with Gasteiger partial charge in [0.2, 0.25) is 0 Å². The molecule has 84 valence electrons. The molecular weight excluding hydrogens is 280 g/mol. The topological polar surface area (TPSA) is 52.0 Å². The molecule has 0 saturated heterocycles. The second-order valence-electron chi connectivity index (χ2n) is 3.71. The number of halogens is 1. The van der Waals surface area contributed by atoms with Gasteiger partial charge in [-0.25, -0.2) is 0 Å². The van der Waals surface area contributed by atoms with Crippen LogP contribution in [-0.2, 0) is 0 Å². The lowest BCUT2D eigenvalue weighted by Gasteiger charge is -2.05. The average Bonchev–Trinajstić information content (AvgIpc) is 2.77. The minimum absolute atomic E-state index is 0.676.